The van der Waals surface area contributed by atoms with Gasteiger partial charge in [-0.1, -0.05) is 30.3 Å². The second kappa shape index (κ2) is 8.67. The summed E-state index contributed by atoms with van der Waals surface area (Å²) in [7, 11) is 0. The van der Waals surface area contributed by atoms with E-state index in [9.17, 15) is 0 Å². The Hall–Kier alpha value is -2.56. The summed E-state index contributed by atoms with van der Waals surface area (Å²) in [6, 6.07) is 8.50. The molecule has 22 heavy (non-hydrogen) atoms. The van der Waals surface area contributed by atoms with E-state index in [-0.39, 0.29) is 0 Å². The molecule has 0 amide bonds. The summed E-state index contributed by atoms with van der Waals surface area (Å²) in [6.07, 6.45) is 7.40. The van der Waals surface area contributed by atoms with E-state index >= 15 is 0 Å². The number of guanidine groups is 1. The average Bonchev–Trinajstić information content (AvgIpc) is 3.04. The Morgan fingerprint density at radius 3 is 2.68 bits per heavy atom. The van der Waals surface area contributed by atoms with Crippen molar-refractivity contribution in [2.24, 2.45) is 4.99 Å². The van der Waals surface area contributed by atoms with Crippen LogP contribution in [-0.4, -0.2) is 28.6 Å². The average molecular weight is 297 g/mol. The highest BCUT2D eigenvalue weighted by atomic mass is 15.2. The van der Waals surface area contributed by atoms with Crippen LogP contribution in [0.3, 0.4) is 0 Å². The van der Waals surface area contributed by atoms with Crippen LogP contribution in [0.1, 0.15) is 18.1 Å². The first-order valence-corrected chi connectivity index (χ1v) is 7.48. The molecule has 0 atom stereocenters. The summed E-state index contributed by atoms with van der Waals surface area (Å²) in [4.78, 5) is 8.61. The number of benzene rings is 1. The Labute approximate surface area is 131 Å². The number of nitrogens with zero attached hydrogens (tertiary/aromatic N) is 3. The van der Waals surface area contributed by atoms with Crippen molar-refractivity contribution >= 4 is 5.96 Å². The molecule has 1 aromatic carbocycles. The van der Waals surface area contributed by atoms with Gasteiger partial charge in [0.05, 0.1) is 12.9 Å². The summed E-state index contributed by atoms with van der Waals surface area (Å²) in [5.74, 6) is 0.810. The molecule has 0 aliphatic carbocycles. The van der Waals surface area contributed by atoms with Crippen molar-refractivity contribution in [3.63, 3.8) is 0 Å². The molecule has 0 fully saturated rings. The summed E-state index contributed by atoms with van der Waals surface area (Å²) >= 11 is 0. The number of aliphatic imine (C=N–C) groups is 1. The van der Waals surface area contributed by atoms with Crippen LogP contribution < -0.4 is 10.6 Å². The van der Waals surface area contributed by atoms with Crippen molar-refractivity contribution in [3.8, 4) is 0 Å². The number of imidazole rings is 1. The van der Waals surface area contributed by atoms with Gasteiger partial charge in [0, 0.05) is 32.0 Å². The van der Waals surface area contributed by atoms with Crippen molar-refractivity contribution in [3.05, 3.63) is 66.8 Å². The van der Waals surface area contributed by atoms with Gasteiger partial charge in [0.15, 0.2) is 5.96 Å². The van der Waals surface area contributed by atoms with Crippen molar-refractivity contribution in [2.45, 2.75) is 20.0 Å². The molecular formula is C17H23N5. The molecule has 5 heteroatoms. The van der Waals surface area contributed by atoms with Gasteiger partial charge in [-0.25, -0.2) is 9.98 Å². The first-order chi connectivity index (χ1) is 10.8. The fraction of sp³-hybridized carbons (Fsp3) is 0.294. The third kappa shape index (κ3) is 5.09. The number of aromatic nitrogens is 2. The monoisotopic (exact) mass is 297 g/mol. The van der Waals surface area contributed by atoms with Crippen LogP contribution in [0.25, 0.3) is 0 Å². The minimum atomic E-state index is 0.651. The minimum Gasteiger partial charge on any atom is -0.357 e. The molecule has 2 aromatic rings. The molecule has 0 saturated heterocycles. The van der Waals surface area contributed by atoms with E-state index in [0.717, 1.165) is 19.0 Å². The lowest BCUT2D eigenvalue weighted by Crippen LogP contribution is -2.37. The molecule has 1 aromatic heterocycles. The van der Waals surface area contributed by atoms with Crippen molar-refractivity contribution in [1.29, 1.82) is 0 Å². The topological polar surface area (TPSA) is 54.2 Å². The Balaban J connectivity index is 1.93. The van der Waals surface area contributed by atoms with E-state index in [0.29, 0.717) is 13.1 Å². The smallest absolute Gasteiger partial charge is 0.191 e. The third-order valence-corrected chi connectivity index (χ3v) is 3.13. The minimum absolute atomic E-state index is 0.651. The Kier molecular flexibility index (Phi) is 6.23. The fourth-order valence-corrected chi connectivity index (χ4v) is 2.02. The quantitative estimate of drug-likeness (QED) is 0.468. The second-order valence-electron chi connectivity index (χ2n) is 4.92. The molecule has 1 heterocycles. The Morgan fingerprint density at radius 2 is 2.05 bits per heavy atom. The highest BCUT2D eigenvalue weighted by molar-refractivity contribution is 5.79. The van der Waals surface area contributed by atoms with Gasteiger partial charge in [-0.15, -0.1) is 6.58 Å². The van der Waals surface area contributed by atoms with Gasteiger partial charge >= 0.3 is 0 Å². The molecule has 0 aliphatic rings. The van der Waals surface area contributed by atoms with Gasteiger partial charge in [-0.3, -0.25) is 0 Å². The number of rotatable bonds is 7. The van der Waals surface area contributed by atoms with Gasteiger partial charge in [0.1, 0.15) is 0 Å². The zero-order valence-corrected chi connectivity index (χ0v) is 13.0. The molecule has 116 valence electrons. The number of hydrogen-bond acceptors (Lipinski definition) is 2. The normalized spacial score (nSPS) is 11.2. The maximum absolute atomic E-state index is 4.56. The lowest BCUT2D eigenvalue weighted by atomic mass is 10.1. The van der Waals surface area contributed by atoms with Crippen LogP contribution in [0.4, 0.5) is 0 Å². The second-order valence-corrected chi connectivity index (χ2v) is 4.92. The molecular weight excluding hydrogens is 274 g/mol. The molecule has 2 rings (SSSR count). The lowest BCUT2D eigenvalue weighted by Gasteiger charge is -2.09. The van der Waals surface area contributed by atoms with Crippen LogP contribution in [0.5, 0.6) is 0 Å². The SMILES string of the molecule is C=CCNC(=NCc1ccc(Cn2ccnc2)cc1)NCC. The summed E-state index contributed by atoms with van der Waals surface area (Å²) < 4.78 is 2.05. The number of hydrogen-bond donors (Lipinski definition) is 2. The van der Waals surface area contributed by atoms with Gasteiger partial charge in [0.25, 0.3) is 0 Å². The van der Waals surface area contributed by atoms with E-state index in [2.05, 4.69) is 62.9 Å². The van der Waals surface area contributed by atoms with Crippen LogP contribution >= 0.6 is 0 Å². The van der Waals surface area contributed by atoms with Crippen molar-refractivity contribution in [1.82, 2.24) is 20.2 Å². The van der Waals surface area contributed by atoms with Crippen LogP contribution in [-0.2, 0) is 13.1 Å². The Morgan fingerprint density at radius 1 is 1.27 bits per heavy atom. The standard InChI is InChI=1S/C17H23N5/c1-3-9-20-17(19-4-2)21-12-15-5-7-16(8-6-15)13-22-11-10-18-14-22/h3,5-8,10-11,14H,1,4,9,12-13H2,2H3,(H2,19,20,21). The van der Waals surface area contributed by atoms with Crippen LogP contribution in [0.15, 0.2) is 60.6 Å². The molecule has 5 nitrogen and oxygen atoms in total. The highest BCUT2D eigenvalue weighted by Crippen LogP contribution is 2.07. The largest absolute Gasteiger partial charge is 0.357 e. The molecule has 0 spiro atoms. The van der Waals surface area contributed by atoms with Gasteiger partial charge in [0.2, 0.25) is 0 Å². The van der Waals surface area contributed by atoms with Gasteiger partial charge < -0.3 is 15.2 Å². The molecule has 0 saturated carbocycles. The zero-order chi connectivity index (χ0) is 15.6. The summed E-state index contributed by atoms with van der Waals surface area (Å²) in [6.45, 7) is 8.79. The lowest BCUT2D eigenvalue weighted by molar-refractivity contribution is 0.796. The maximum Gasteiger partial charge on any atom is 0.191 e. The first kappa shape index (κ1) is 15.8. The van der Waals surface area contributed by atoms with E-state index in [4.69, 9.17) is 0 Å². The van der Waals surface area contributed by atoms with Gasteiger partial charge in [-0.2, -0.15) is 0 Å². The van der Waals surface area contributed by atoms with Crippen LogP contribution in [0.2, 0.25) is 0 Å². The molecule has 0 aliphatic heterocycles. The highest BCUT2D eigenvalue weighted by Gasteiger charge is 1.98. The zero-order valence-electron chi connectivity index (χ0n) is 13.0. The first-order valence-electron chi connectivity index (χ1n) is 7.48. The fourth-order valence-electron chi connectivity index (χ4n) is 2.02. The summed E-state index contributed by atoms with van der Waals surface area (Å²) in [5.41, 5.74) is 2.44. The Bertz CT molecular complexity index is 584. The van der Waals surface area contributed by atoms with E-state index in [1.54, 1.807) is 6.20 Å². The molecule has 2 N–H and O–H groups in total. The predicted octanol–water partition coefficient (Wildman–Crippen LogP) is 2.17. The van der Waals surface area contributed by atoms with Crippen LogP contribution in [0, 0.1) is 0 Å². The maximum atomic E-state index is 4.56. The predicted molar refractivity (Wildman–Crippen MR) is 90.8 cm³/mol. The van der Waals surface area contributed by atoms with Crippen molar-refractivity contribution in [2.75, 3.05) is 13.1 Å². The summed E-state index contributed by atoms with van der Waals surface area (Å²) in [5, 5.41) is 6.40. The van der Waals surface area contributed by atoms with E-state index in [1.807, 2.05) is 18.6 Å². The van der Waals surface area contributed by atoms with E-state index < -0.39 is 0 Å². The molecule has 0 unspecified atom stereocenters. The van der Waals surface area contributed by atoms with E-state index in [1.165, 1.54) is 11.1 Å². The molecule has 0 bridgehead atoms. The third-order valence-electron chi connectivity index (χ3n) is 3.13. The molecule has 0 radical (unpaired) electrons. The number of nitrogens with one attached hydrogen (secondary N) is 2. The van der Waals surface area contributed by atoms with Gasteiger partial charge in [-0.05, 0) is 18.1 Å². The van der Waals surface area contributed by atoms with Crippen molar-refractivity contribution < 1.29 is 0 Å².